The van der Waals surface area contributed by atoms with Crippen LogP contribution >= 0.6 is 0 Å². The average Bonchev–Trinajstić information content (AvgIpc) is 3.17. The Bertz CT molecular complexity index is 1220. The standard InChI is InChI=1S/C31H44N4O2/c1-21(2)20-34-13-11-25(12-14-34)35-15-9-23(10-16-35)27-18-26-28(19-32-27)33(4)22(3)31(26)24-7-8-29(36-5)30(17-24)37-6/h7-8,17-19,21,23,25H,9-16,20H2,1-6H3. The van der Waals surface area contributed by atoms with Gasteiger partial charge < -0.3 is 23.8 Å². The summed E-state index contributed by atoms with van der Waals surface area (Å²) in [6.07, 6.45) is 7.11. The average molecular weight is 505 g/mol. The summed E-state index contributed by atoms with van der Waals surface area (Å²) < 4.78 is 13.3. The van der Waals surface area contributed by atoms with Gasteiger partial charge in [-0.3, -0.25) is 4.98 Å². The van der Waals surface area contributed by atoms with Gasteiger partial charge in [-0.1, -0.05) is 19.9 Å². The lowest BCUT2D eigenvalue weighted by molar-refractivity contribution is 0.0824. The van der Waals surface area contributed by atoms with Crippen LogP contribution in [0.1, 0.15) is 56.8 Å². The predicted octanol–water partition coefficient (Wildman–Crippen LogP) is 5.87. The largest absolute Gasteiger partial charge is 0.493 e. The number of piperidine rings is 2. The van der Waals surface area contributed by atoms with Crippen molar-refractivity contribution in [2.45, 2.75) is 58.4 Å². The van der Waals surface area contributed by atoms with Crippen LogP contribution in [0.15, 0.2) is 30.5 Å². The molecule has 0 bridgehead atoms. The molecule has 2 aromatic heterocycles. The molecule has 2 aliphatic heterocycles. The molecule has 200 valence electrons. The number of ether oxygens (including phenoxy) is 2. The van der Waals surface area contributed by atoms with E-state index in [0.29, 0.717) is 5.92 Å². The Morgan fingerprint density at radius 2 is 1.65 bits per heavy atom. The van der Waals surface area contributed by atoms with Gasteiger partial charge in [0.1, 0.15) is 0 Å². The highest BCUT2D eigenvalue weighted by Gasteiger charge is 2.29. The predicted molar refractivity (Wildman–Crippen MR) is 152 cm³/mol. The van der Waals surface area contributed by atoms with Gasteiger partial charge in [-0.2, -0.15) is 0 Å². The van der Waals surface area contributed by atoms with Crippen molar-refractivity contribution in [2.75, 3.05) is 46.9 Å². The molecule has 4 heterocycles. The van der Waals surface area contributed by atoms with E-state index in [9.17, 15) is 0 Å². The van der Waals surface area contributed by atoms with Crippen molar-refractivity contribution < 1.29 is 9.47 Å². The Labute approximate surface area is 222 Å². The Hall–Kier alpha value is -2.57. The first kappa shape index (κ1) is 26.1. The van der Waals surface area contributed by atoms with Crippen LogP contribution < -0.4 is 9.47 Å². The second-order valence-electron chi connectivity index (χ2n) is 11.5. The van der Waals surface area contributed by atoms with Gasteiger partial charge >= 0.3 is 0 Å². The molecule has 2 saturated heterocycles. The van der Waals surface area contributed by atoms with Crippen molar-refractivity contribution >= 4 is 10.9 Å². The number of benzene rings is 1. The van der Waals surface area contributed by atoms with E-state index in [-0.39, 0.29) is 0 Å². The molecule has 0 N–H and O–H groups in total. The molecule has 0 spiro atoms. The minimum absolute atomic E-state index is 0.528. The molecule has 6 heteroatoms. The van der Waals surface area contributed by atoms with Crippen LogP contribution in [0.5, 0.6) is 11.5 Å². The first-order chi connectivity index (χ1) is 17.9. The highest BCUT2D eigenvalue weighted by atomic mass is 16.5. The number of hydrogen-bond donors (Lipinski definition) is 0. The van der Waals surface area contributed by atoms with Gasteiger partial charge in [-0.25, -0.2) is 0 Å². The summed E-state index contributed by atoms with van der Waals surface area (Å²) in [5.74, 6) is 2.80. The SMILES string of the molecule is COc1ccc(-c2c(C)n(C)c3cnc(C4CCN(C5CCN(CC(C)C)CC5)CC4)cc23)cc1OC. The molecule has 0 amide bonds. The van der Waals surface area contributed by atoms with Crippen molar-refractivity contribution in [1.29, 1.82) is 0 Å². The number of nitrogens with zero attached hydrogens (tertiary/aromatic N) is 4. The number of pyridine rings is 1. The first-order valence-corrected chi connectivity index (χ1v) is 14.0. The third-order valence-corrected chi connectivity index (χ3v) is 8.72. The van der Waals surface area contributed by atoms with Gasteiger partial charge in [0.25, 0.3) is 0 Å². The van der Waals surface area contributed by atoms with Crippen LogP contribution in [0.4, 0.5) is 0 Å². The van der Waals surface area contributed by atoms with E-state index >= 15 is 0 Å². The Balaban J connectivity index is 1.33. The fraction of sp³-hybridized carbons (Fsp3) is 0.581. The van der Waals surface area contributed by atoms with Gasteiger partial charge in [0, 0.05) is 47.9 Å². The van der Waals surface area contributed by atoms with E-state index in [2.05, 4.69) is 66.6 Å². The van der Waals surface area contributed by atoms with Crippen molar-refractivity contribution in [1.82, 2.24) is 19.4 Å². The second-order valence-corrected chi connectivity index (χ2v) is 11.5. The number of hydrogen-bond acceptors (Lipinski definition) is 5. The highest BCUT2D eigenvalue weighted by Crippen LogP contribution is 2.40. The number of fused-ring (bicyclic) bond motifs is 1. The number of rotatable bonds is 7. The topological polar surface area (TPSA) is 42.8 Å². The molecule has 5 rings (SSSR count). The van der Waals surface area contributed by atoms with Crippen LogP contribution in [-0.4, -0.2) is 72.3 Å². The molecular formula is C31H44N4O2. The summed E-state index contributed by atoms with van der Waals surface area (Å²) in [5, 5.41) is 1.28. The van der Waals surface area contributed by atoms with Crippen LogP contribution in [0.25, 0.3) is 22.0 Å². The van der Waals surface area contributed by atoms with Gasteiger partial charge in [-0.05, 0) is 88.5 Å². The van der Waals surface area contributed by atoms with Gasteiger partial charge in [0.2, 0.25) is 0 Å². The monoisotopic (exact) mass is 504 g/mol. The summed E-state index contributed by atoms with van der Waals surface area (Å²) in [7, 11) is 5.51. The van der Waals surface area contributed by atoms with E-state index in [1.54, 1.807) is 14.2 Å². The zero-order chi connectivity index (χ0) is 26.1. The van der Waals surface area contributed by atoms with Crippen LogP contribution in [-0.2, 0) is 7.05 Å². The van der Waals surface area contributed by atoms with E-state index in [1.165, 1.54) is 86.3 Å². The zero-order valence-corrected chi connectivity index (χ0v) is 23.6. The maximum absolute atomic E-state index is 5.61. The first-order valence-electron chi connectivity index (χ1n) is 14.0. The Morgan fingerprint density at radius 1 is 0.946 bits per heavy atom. The molecule has 3 aromatic rings. The normalized spacial score (nSPS) is 18.7. The zero-order valence-electron chi connectivity index (χ0n) is 23.6. The summed E-state index contributed by atoms with van der Waals surface area (Å²) >= 11 is 0. The van der Waals surface area contributed by atoms with Crippen LogP contribution in [0, 0.1) is 12.8 Å². The van der Waals surface area contributed by atoms with Crippen LogP contribution in [0.3, 0.4) is 0 Å². The number of aromatic nitrogens is 2. The molecule has 0 radical (unpaired) electrons. The molecule has 1 aromatic carbocycles. The minimum atomic E-state index is 0.528. The summed E-state index contributed by atoms with van der Waals surface area (Å²) in [4.78, 5) is 10.4. The molecule has 0 unspecified atom stereocenters. The van der Waals surface area contributed by atoms with E-state index in [1.807, 2.05) is 6.07 Å². The number of aryl methyl sites for hydroxylation is 1. The van der Waals surface area contributed by atoms with E-state index in [0.717, 1.165) is 29.0 Å². The lowest BCUT2D eigenvalue weighted by Crippen LogP contribution is -2.48. The van der Waals surface area contributed by atoms with Gasteiger partial charge in [0.15, 0.2) is 11.5 Å². The fourth-order valence-corrected chi connectivity index (χ4v) is 6.60. The summed E-state index contributed by atoms with van der Waals surface area (Å²) in [5.41, 5.74) is 6.06. The molecule has 6 nitrogen and oxygen atoms in total. The van der Waals surface area contributed by atoms with E-state index in [4.69, 9.17) is 14.5 Å². The molecular weight excluding hydrogens is 460 g/mol. The Kier molecular flexibility index (Phi) is 7.77. The second kappa shape index (κ2) is 11.0. The highest BCUT2D eigenvalue weighted by molar-refractivity contribution is 5.98. The smallest absolute Gasteiger partial charge is 0.161 e. The Morgan fingerprint density at radius 3 is 2.30 bits per heavy atom. The van der Waals surface area contributed by atoms with Gasteiger partial charge in [0.05, 0.1) is 25.9 Å². The lowest BCUT2D eigenvalue weighted by Gasteiger charge is -2.42. The van der Waals surface area contributed by atoms with Gasteiger partial charge in [-0.15, -0.1) is 0 Å². The molecule has 2 aliphatic rings. The quantitative estimate of drug-likeness (QED) is 0.403. The third-order valence-electron chi connectivity index (χ3n) is 8.72. The summed E-state index contributed by atoms with van der Waals surface area (Å²) in [6.45, 7) is 13.0. The van der Waals surface area contributed by atoms with Crippen molar-refractivity contribution in [2.24, 2.45) is 13.0 Å². The van der Waals surface area contributed by atoms with Crippen molar-refractivity contribution in [3.63, 3.8) is 0 Å². The number of likely N-dealkylation sites (tertiary alicyclic amines) is 2. The van der Waals surface area contributed by atoms with Crippen LogP contribution in [0.2, 0.25) is 0 Å². The molecule has 0 saturated carbocycles. The minimum Gasteiger partial charge on any atom is -0.493 e. The third kappa shape index (κ3) is 5.23. The number of methoxy groups -OCH3 is 2. The molecule has 0 aliphatic carbocycles. The fourth-order valence-electron chi connectivity index (χ4n) is 6.60. The van der Waals surface area contributed by atoms with Crippen molar-refractivity contribution in [3.05, 3.63) is 41.9 Å². The maximum atomic E-state index is 5.61. The van der Waals surface area contributed by atoms with E-state index < -0.39 is 0 Å². The molecule has 37 heavy (non-hydrogen) atoms. The van der Waals surface area contributed by atoms with Crippen molar-refractivity contribution in [3.8, 4) is 22.6 Å². The molecule has 2 fully saturated rings. The maximum Gasteiger partial charge on any atom is 0.161 e. The summed E-state index contributed by atoms with van der Waals surface area (Å²) in [6, 6.07) is 9.34. The lowest BCUT2D eigenvalue weighted by atomic mass is 9.90. The molecule has 0 atom stereocenters.